The lowest BCUT2D eigenvalue weighted by atomic mass is 10.2. The van der Waals surface area contributed by atoms with Gasteiger partial charge in [0.05, 0.1) is 8.95 Å². The van der Waals surface area contributed by atoms with E-state index in [1.165, 1.54) is 12.8 Å². The zero-order valence-corrected chi connectivity index (χ0v) is 13.5. The summed E-state index contributed by atoms with van der Waals surface area (Å²) in [5.74, 6) is 0.873. The van der Waals surface area contributed by atoms with Crippen molar-refractivity contribution in [1.82, 2.24) is 5.32 Å². The van der Waals surface area contributed by atoms with Crippen LogP contribution in [0, 0.1) is 0 Å². The van der Waals surface area contributed by atoms with Crippen molar-refractivity contribution in [3.05, 3.63) is 27.1 Å². The van der Waals surface area contributed by atoms with E-state index in [2.05, 4.69) is 51.0 Å². The molecule has 0 heterocycles. The molecule has 1 atom stereocenters. The predicted molar refractivity (Wildman–Crippen MR) is 79.7 cm³/mol. The predicted octanol–water partition coefficient (Wildman–Crippen LogP) is 4.37. The Bertz CT molecular complexity index is 324. The van der Waals surface area contributed by atoms with Crippen LogP contribution >= 0.6 is 31.9 Å². The van der Waals surface area contributed by atoms with Crippen LogP contribution in [-0.4, -0.2) is 19.2 Å². The summed E-state index contributed by atoms with van der Waals surface area (Å²) >= 11 is 6.96. The number of benzene rings is 1. The van der Waals surface area contributed by atoms with Crippen LogP contribution < -0.4 is 10.1 Å². The van der Waals surface area contributed by atoms with E-state index < -0.39 is 0 Å². The van der Waals surface area contributed by atoms with Crippen LogP contribution in [0.5, 0.6) is 5.75 Å². The van der Waals surface area contributed by atoms with Gasteiger partial charge in [-0.1, -0.05) is 19.4 Å². The Balaban J connectivity index is 2.31. The molecule has 1 aromatic rings. The Hall–Kier alpha value is -0.0600. The maximum atomic E-state index is 5.74. The molecule has 0 fully saturated rings. The molecule has 17 heavy (non-hydrogen) atoms. The van der Waals surface area contributed by atoms with Gasteiger partial charge < -0.3 is 10.1 Å². The lowest BCUT2D eigenvalue weighted by Crippen LogP contribution is -2.30. The molecule has 0 aromatic heterocycles. The summed E-state index contributed by atoms with van der Waals surface area (Å²) in [4.78, 5) is 0. The first kappa shape index (κ1) is 15.0. The summed E-state index contributed by atoms with van der Waals surface area (Å²) in [7, 11) is 0. The van der Waals surface area contributed by atoms with E-state index >= 15 is 0 Å². The molecule has 0 aliphatic carbocycles. The van der Waals surface area contributed by atoms with E-state index in [1.54, 1.807) is 0 Å². The monoisotopic (exact) mass is 363 g/mol. The summed E-state index contributed by atoms with van der Waals surface area (Å²) in [6, 6.07) is 6.49. The molecule has 0 aliphatic heterocycles. The fraction of sp³-hybridized carbons (Fsp3) is 0.538. The van der Waals surface area contributed by atoms with Crippen molar-refractivity contribution in [2.45, 2.75) is 32.7 Å². The molecule has 96 valence electrons. The molecule has 0 amide bonds. The van der Waals surface area contributed by atoms with Gasteiger partial charge >= 0.3 is 0 Å². The molecule has 0 bridgehead atoms. The van der Waals surface area contributed by atoms with Crippen LogP contribution in [0.3, 0.4) is 0 Å². The maximum Gasteiger partial charge on any atom is 0.147 e. The van der Waals surface area contributed by atoms with Crippen LogP contribution in [0.2, 0.25) is 0 Å². The van der Waals surface area contributed by atoms with Gasteiger partial charge in [-0.25, -0.2) is 0 Å². The molecule has 1 unspecified atom stereocenters. The second-order valence-corrected chi connectivity index (χ2v) is 5.75. The quantitative estimate of drug-likeness (QED) is 0.725. The largest absolute Gasteiger partial charge is 0.490 e. The van der Waals surface area contributed by atoms with Crippen molar-refractivity contribution < 1.29 is 4.74 Å². The molecule has 1 N–H and O–H groups in total. The number of nitrogens with one attached hydrogen (secondary N) is 1. The van der Waals surface area contributed by atoms with Crippen molar-refractivity contribution in [2.75, 3.05) is 13.2 Å². The maximum absolute atomic E-state index is 5.74. The standard InChI is InChI=1S/C13H19Br2NO/c1-3-5-10(2)16-8-9-17-13-11(14)6-4-7-12(13)15/h4,6-7,10,16H,3,5,8-9H2,1-2H3. The first-order valence-electron chi connectivity index (χ1n) is 5.95. The van der Waals surface area contributed by atoms with Gasteiger partial charge in [-0.15, -0.1) is 0 Å². The summed E-state index contributed by atoms with van der Waals surface area (Å²) in [6.07, 6.45) is 2.42. The second kappa shape index (κ2) is 8.11. The molecule has 2 nitrogen and oxygen atoms in total. The molecule has 0 radical (unpaired) electrons. The van der Waals surface area contributed by atoms with Gasteiger partial charge in [-0.3, -0.25) is 0 Å². The molecule has 0 saturated heterocycles. The molecular formula is C13H19Br2NO. The summed E-state index contributed by atoms with van der Waals surface area (Å²) < 4.78 is 7.70. The van der Waals surface area contributed by atoms with Crippen molar-refractivity contribution in [3.8, 4) is 5.75 Å². The third-order valence-electron chi connectivity index (χ3n) is 2.48. The summed E-state index contributed by atoms with van der Waals surface area (Å²) in [5.41, 5.74) is 0. The van der Waals surface area contributed by atoms with Crippen molar-refractivity contribution in [3.63, 3.8) is 0 Å². The van der Waals surface area contributed by atoms with E-state index in [-0.39, 0.29) is 0 Å². The number of hydrogen-bond donors (Lipinski definition) is 1. The lowest BCUT2D eigenvalue weighted by Gasteiger charge is -2.14. The van der Waals surface area contributed by atoms with E-state index in [1.807, 2.05) is 18.2 Å². The smallest absolute Gasteiger partial charge is 0.147 e. The first-order chi connectivity index (χ1) is 8.15. The van der Waals surface area contributed by atoms with Crippen LogP contribution in [0.4, 0.5) is 0 Å². The number of hydrogen-bond acceptors (Lipinski definition) is 2. The Morgan fingerprint density at radius 2 is 1.94 bits per heavy atom. The average molecular weight is 365 g/mol. The van der Waals surface area contributed by atoms with Gasteiger partial charge in [0, 0.05) is 12.6 Å². The highest BCUT2D eigenvalue weighted by molar-refractivity contribution is 9.11. The number of rotatable bonds is 7. The van der Waals surface area contributed by atoms with Crippen LogP contribution in [0.15, 0.2) is 27.1 Å². The van der Waals surface area contributed by atoms with Gasteiger partial charge in [0.25, 0.3) is 0 Å². The highest BCUT2D eigenvalue weighted by Gasteiger charge is 2.05. The third-order valence-corrected chi connectivity index (χ3v) is 3.73. The molecule has 4 heteroatoms. The van der Waals surface area contributed by atoms with Gasteiger partial charge in [-0.2, -0.15) is 0 Å². The highest BCUT2D eigenvalue weighted by atomic mass is 79.9. The summed E-state index contributed by atoms with van der Waals surface area (Å²) in [6.45, 7) is 5.95. The zero-order chi connectivity index (χ0) is 12.7. The molecule has 0 spiro atoms. The van der Waals surface area contributed by atoms with E-state index in [0.29, 0.717) is 12.6 Å². The van der Waals surface area contributed by atoms with Gasteiger partial charge in [0.2, 0.25) is 0 Å². The molecule has 0 saturated carbocycles. The van der Waals surface area contributed by atoms with E-state index in [0.717, 1.165) is 21.2 Å². The minimum absolute atomic E-state index is 0.561. The zero-order valence-electron chi connectivity index (χ0n) is 10.3. The van der Waals surface area contributed by atoms with Crippen LogP contribution in [0.1, 0.15) is 26.7 Å². The summed E-state index contributed by atoms with van der Waals surface area (Å²) in [5, 5.41) is 3.44. The number of ether oxygens (including phenoxy) is 1. The Labute approximate surface area is 120 Å². The molecule has 0 aliphatic rings. The molecule has 1 aromatic carbocycles. The first-order valence-corrected chi connectivity index (χ1v) is 7.54. The average Bonchev–Trinajstić information content (AvgIpc) is 2.28. The van der Waals surface area contributed by atoms with E-state index in [9.17, 15) is 0 Å². The SMILES string of the molecule is CCCC(C)NCCOc1c(Br)cccc1Br. The van der Waals surface area contributed by atoms with Gasteiger partial charge in [0.1, 0.15) is 12.4 Å². The molecule has 1 rings (SSSR count). The minimum atomic E-state index is 0.561. The second-order valence-electron chi connectivity index (χ2n) is 4.04. The minimum Gasteiger partial charge on any atom is -0.490 e. The normalized spacial score (nSPS) is 12.5. The fourth-order valence-electron chi connectivity index (χ4n) is 1.61. The van der Waals surface area contributed by atoms with Crippen molar-refractivity contribution >= 4 is 31.9 Å². The van der Waals surface area contributed by atoms with E-state index in [4.69, 9.17) is 4.74 Å². The van der Waals surface area contributed by atoms with Crippen LogP contribution in [-0.2, 0) is 0 Å². The molecular weight excluding hydrogens is 346 g/mol. The Morgan fingerprint density at radius 3 is 2.53 bits per heavy atom. The third kappa shape index (κ3) is 5.40. The highest BCUT2D eigenvalue weighted by Crippen LogP contribution is 2.32. The Kier molecular flexibility index (Phi) is 7.16. The number of halogens is 2. The van der Waals surface area contributed by atoms with Crippen LogP contribution in [0.25, 0.3) is 0 Å². The number of para-hydroxylation sites is 1. The van der Waals surface area contributed by atoms with Crippen molar-refractivity contribution in [1.29, 1.82) is 0 Å². The fourth-order valence-corrected chi connectivity index (χ4v) is 2.84. The Morgan fingerprint density at radius 1 is 1.29 bits per heavy atom. The lowest BCUT2D eigenvalue weighted by molar-refractivity contribution is 0.301. The topological polar surface area (TPSA) is 21.3 Å². The van der Waals surface area contributed by atoms with Gasteiger partial charge in [-0.05, 0) is 57.3 Å². The van der Waals surface area contributed by atoms with Crippen molar-refractivity contribution in [2.24, 2.45) is 0 Å². The van der Waals surface area contributed by atoms with Gasteiger partial charge in [0.15, 0.2) is 0 Å².